The molecule has 0 bridgehead atoms. The van der Waals surface area contributed by atoms with Crippen LogP contribution in [0.2, 0.25) is 5.02 Å². The lowest BCUT2D eigenvalue weighted by atomic mass is 10.2. The van der Waals surface area contributed by atoms with Crippen molar-refractivity contribution in [3.8, 4) is 6.07 Å². The van der Waals surface area contributed by atoms with E-state index in [1.54, 1.807) is 6.07 Å². The van der Waals surface area contributed by atoms with Crippen molar-refractivity contribution < 1.29 is 0 Å². The second-order valence-electron chi connectivity index (χ2n) is 3.65. The highest BCUT2D eigenvalue weighted by Crippen LogP contribution is 2.21. The van der Waals surface area contributed by atoms with E-state index in [2.05, 4.69) is 22.0 Å². The molecule has 2 rings (SSSR count). The van der Waals surface area contributed by atoms with Crippen LogP contribution in [0.4, 0.5) is 5.69 Å². The Bertz CT molecular complexity index is 539. The van der Waals surface area contributed by atoms with E-state index in [1.165, 1.54) is 0 Å². The second kappa shape index (κ2) is 5.71. The number of nitriles is 1. The maximum absolute atomic E-state index is 9.16. The van der Waals surface area contributed by atoms with Crippen molar-refractivity contribution in [1.82, 2.24) is 10.6 Å². The van der Waals surface area contributed by atoms with Crippen molar-refractivity contribution in [3.63, 3.8) is 0 Å². The number of hydrogen-bond acceptors (Lipinski definition) is 4. The zero-order valence-electron chi connectivity index (χ0n) is 9.46. The van der Waals surface area contributed by atoms with Gasteiger partial charge in [-0.2, -0.15) is 5.26 Å². The van der Waals surface area contributed by atoms with Gasteiger partial charge in [-0.3, -0.25) is 0 Å². The number of benzene rings is 1. The van der Waals surface area contributed by atoms with Crippen LogP contribution >= 0.6 is 23.8 Å². The normalized spacial score (nSPS) is 13.2. The van der Waals surface area contributed by atoms with Crippen LogP contribution in [-0.2, 0) is 0 Å². The molecule has 0 saturated carbocycles. The number of thiocarbonyl (C=S) groups is 1. The average molecular weight is 279 g/mol. The van der Waals surface area contributed by atoms with Gasteiger partial charge in [0.25, 0.3) is 0 Å². The fourth-order valence-corrected chi connectivity index (χ4v) is 2.02. The predicted molar refractivity (Wildman–Crippen MR) is 76.3 cm³/mol. The van der Waals surface area contributed by atoms with E-state index < -0.39 is 0 Å². The maximum atomic E-state index is 9.16. The molecule has 1 saturated heterocycles. The van der Waals surface area contributed by atoms with Gasteiger partial charge in [-0.15, -0.1) is 0 Å². The van der Waals surface area contributed by atoms with Crippen LogP contribution in [0.5, 0.6) is 0 Å². The Labute approximate surface area is 116 Å². The van der Waals surface area contributed by atoms with Crippen molar-refractivity contribution in [1.29, 1.82) is 5.26 Å². The van der Waals surface area contributed by atoms with Crippen LogP contribution in [0.3, 0.4) is 0 Å². The number of nitrogens with one attached hydrogen (secondary N) is 3. The highest BCUT2D eigenvalue weighted by Gasteiger charge is 2.15. The van der Waals surface area contributed by atoms with Crippen LogP contribution < -0.4 is 16.0 Å². The molecule has 18 heavy (non-hydrogen) atoms. The maximum Gasteiger partial charge on any atom is 0.127 e. The Balaban J connectivity index is 2.20. The molecule has 1 aliphatic rings. The average Bonchev–Trinajstić information content (AvgIpc) is 2.87. The van der Waals surface area contributed by atoms with Gasteiger partial charge in [-0.25, -0.2) is 0 Å². The number of nitrogens with zero attached hydrogens (tertiary/aromatic N) is 1. The molecule has 0 unspecified atom stereocenters. The van der Waals surface area contributed by atoms with Crippen LogP contribution in [-0.4, -0.2) is 18.1 Å². The van der Waals surface area contributed by atoms with Gasteiger partial charge in [0.05, 0.1) is 10.7 Å². The summed E-state index contributed by atoms with van der Waals surface area (Å²) in [5.74, 6) is 0.669. The SMILES string of the molecule is N#CC(C(=S)Nc1ccccc1Cl)=C1NCCN1. The zero-order valence-corrected chi connectivity index (χ0v) is 11.0. The molecule has 1 aromatic rings. The van der Waals surface area contributed by atoms with E-state index in [-0.39, 0.29) is 0 Å². The summed E-state index contributed by atoms with van der Waals surface area (Å²) in [4.78, 5) is 0.350. The lowest BCUT2D eigenvalue weighted by Gasteiger charge is -2.10. The second-order valence-corrected chi connectivity index (χ2v) is 4.46. The molecule has 4 nitrogen and oxygen atoms in total. The molecule has 92 valence electrons. The summed E-state index contributed by atoms with van der Waals surface area (Å²) in [6.07, 6.45) is 0. The summed E-state index contributed by atoms with van der Waals surface area (Å²) < 4.78 is 0. The topological polar surface area (TPSA) is 59.9 Å². The number of hydrogen-bond donors (Lipinski definition) is 3. The minimum atomic E-state index is 0.350. The van der Waals surface area contributed by atoms with Crippen molar-refractivity contribution in [2.45, 2.75) is 0 Å². The highest BCUT2D eigenvalue weighted by molar-refractivity contribution is 7.81. The monoisotopic (exact) mass is 278 g/mol. The molecular weight excluding hydrogens is 268 g/mol. The molecule has 1 heterocycles. The molecule has 0 spiro atoms. The summed E-state index contributed by atoms with van der Waals surface area (Å²) in [5.41, 5.74) is 1.08. The molecule has 1 fully saturated rings. The Morgan fingerprint density at radius 3 is 2.61 bits per heavy atom. The molecule has 0 aliphatic carbocycles. The van der Waals surface area contributed by atoms with Crippen molar-refractivity contribution in [2.75, 3.05) is 18.4 Å². The molecule has 3 N–H and O–H groups in total. The summed E-state index contributed by atoms with van der Waals surface area (Å²) in [6, 6.07) is 9.35. The number of para-hydroxylation sites is 1. The third kappa shape index (κ3) is 2.73. The first-order valence-corrected chi connectivity index (χ1v) is 6.19. The fourth-order valence-electron chi connectivity index (χ4n) is 1.58. The van der Waals surface area contributed by atoms with Crippen LogP contribution in [0.25, 0.3) is 0 Å². The molecule has 6 heteroatoms. The summed E-state index contributed by atoms with van der Waals surface area (Å²) in [7, 11) is 0. The minimum absolute atomic E-state index is 0.350. The third-order valence-corrected chi connectivity index (χ3v) is 3.08. The predicted octanol–water partition coefficient (Wildman–Crippen LogP) is 2.01. The van der Waals surface area contributed by atoms with E-state index in [0.29, 0.717) is 27.1 Å². The largest absolute Gasteiger partial charge is 0.369 e. The van der Waals surface area contributed by atoms with Gasteiger partial charge in [0.2, 0.25) is 0 Å². The smallest absolute Gasteiger partial charge is 0.127 e. The summed E-state index contributed by atoms with van der Waals surface area (Å²) in [5, 5.41) is 18.8. The Hall–Kier alpha value is -1.77. The quantitative estimate of drug-likeness (QED) is 0.439. The van der Waals surface area contributed by atoms with Crippen LogP contribution in [0.1, 0.15) is 0 Å². The molecule has 0 radical (unpaired) electrons. The van der Waals surface area contributed by atoms with Gasteiger partial charge >= 0.3 is 0 Å². The molecular formula is C12H11ClN4S. The van der Waals surface area contributed by atoms with Gasteiger partial charge in [0.15, 0.2) is 0 Å². The first-order chi connectivity index (χ1) is 8.72. The molecule has 0 aromatic heterocycles. The summed E-state index contributed by atoms with van der Waals surface area (Å²) >= 11 is 11.2. The highest BCUT2D eigenvalue weighted by atomic mass is 35.5. The lowest BCUT2D eigenvalue weighted by Crippen LogP contribution is -2.21. The Morgan fingerprint density at radius 1 is 1.33 bits per heavy atom. The van der Waals surface area contributed by atoms with Crippen LogP contribution in [0, 0.1) is 11.3 Å². The van der Waals surface area contributed by atoms with E-state index in [0.717, 1.165) is 13.1 Å². The fraction of sp³-hybridized carbons (Fsp3) is 0.167. The van der Waals surface area contributed by atoms with Gasteiger partial charge in [0, 0.05) is 13.1 Å². The van der Waals surface area contributed by atoms with Crippen molar-refractivity contribution >= 4 is 34.5 Å². The molecule has 1 aliphatic heterocycles. The van der Waals surface area contributed by atoms with E-state index in [1.807, 2.05) is 18.2 Å². The Morgan fingerprint density at radius 2 is 2.00 bits per heavy atom. The van der Waals surface area contributed by atoms with Crippen LogP contribution in [0.15, 0.2) is 35.7 Å². The zero-order chi connectivity index (χ0) is 13.0. The van der Waals surface area contributed by atoms with Gasteiger partial charge in [0.1, 0.15) is 22.5 Å². The number of anilines is 1. The summed E-state index contributed by atoms with van der Waals surface area (Å²) in [6.45, 7) is 1.57. The van der Waals surface area contributed by atoms with Crippen molar-refractivity contribution in [2.24, 2.45) is 0 Å². The molecule has 0 amide bonds. The number of rotatable bonds is 2. The molecule has 1 aromatic carbocycles. The standard InChI is InChI=1S/C12H11ClN4S/c13-9-3-1-2-4-10(9)17-12(18)8(7-14)11-15-5-6-16-11/h1-4,15-16H,5-6H2,(H,17,18). The van der Waals surface area contributed by atoms with E-state index in [9.17, 15) is 0 Å². The van der Waals surface area contributed by atoms with Gasteiger partial charge < -0.3 is 16.0 Å². The third-order valence-electron chi connectivity index (χ3n) is 2.44. The van der Waals surface area contributed by atoms with E-state index >= 15 is 0 Å². The first kappa shape index (κ1) is 12.7. The Kier molecular flexibility index (Phi) is 4.03. The van der Waals surface area contributed by atoms with Gasteiger partial charge in [-0.1, -0.05) is 36.0 Å². The van der Waals surface area contributed by atoms with E-state index in [4.69, 9.17) is 29.1 Å². The molecule has 0 atom stereocenters. The number of halogens is 1. The first-order valence-electron chi connectivity index (χ1n) is 5.40. The minimum Gasteiger partial charge on any atom is -0.369 e. The lowest BCUT2D eigenvalue weighted by molar-refractivity contribution is 0.942. The van der Waals surface area contributed by atoms with Gasteiger partial charge in [-0.05, 0) is 12.1 Å². The van der Waals surface area contributed by atoms with Crippen molar-refractivity contribution in [3.05, 3.63) is 40.7 Å².